The number of aromatic nitrogens is 2. The van der Waals surface area contributed by atoms with Gasteiger partial charge in [-0.2, -0.15) is 4.98 Å². The average Bonchev–Trinajstić information content (AvgIpc) is 3.08. The van der Waals surface area contributed by atoms with E-state index in [1.54, 1.807) is 7.11 Å². The van der Waals surface area contributed by atoms with Crippen molar-refractivity contribution in [3.8, 4) is 0 Å². The second-order valence-electron chi connectivity index (χ2n) is 6.64. The van der Waals surface area contributed by atoms with Crippen molar-refractivity contribution in [2.45, 2.75) is 46.0 Å². The lowest BCUT2D eigenvalue weighted by Gasteiger charge is -2.18. The molecule has 2 N–H and O–H groups in total. The van der Waals surface area contributed by atoms with Gasteiger partial charge in [-0.1, -0.05) is 19.0 Å². The highest BCUT2D eigenvalue weighted by molar-refractivity contribution is 14.0. The monoisotopic (exact) mass is 496 g/mol. The molecule has 0 spiro atoms. The van der Waals surface area contributed by atoms with Crippen molar-refractivity contribution in [3.63, 3.8) is 0 Å². The lowest BCUT2D eigenvalue weighted by Crippen LogP contribution is -2.41. The molecule has 0 saturated heterocycles. The van der Waals surface area contributed by atoms with Gasteiger partial charge in [0.15, 0.2) is 11.8 Å². The van der Waals surface area contributed by atoms with Crippen molar-refractivity contribution in [2.24, 2.45) is 4.99 Å². The van der Waals surface area contributed by atoms with E-state index in [-0.39, 0.29) is 24.0 Å². The first-order chi connectivity index (χ1) is 12.6. The topological polar surface area (TPSA) is 87.8 Å². The minimum absolute atomic E-state index is 0. The van der Waals surface area contributed by atoms with Gasteiger partial charge in [0.25, 0.3) is 0 Å². The largest absolute Gasteiger partial charge is 0.385 e. The zero-order valence-corrected chi connectivity index (χ0v) is 19.8. The molecule has 0 aromatic carbocycles. The summed E-state index contributed by atoms with van der Waals surface area (Å²) in [6, 6.07) is 0. The molecule has 9 heteroatoms. The zero-order valence-electron chi connectivity index (χ0n) is 17.5. The molecule has 0 radical (unpaired) electrons. The highest BCUT2D eigenvalue weighted by atomic mass is 127. The quantitative estimate of drug-likeness (QED) is 0.188. The van der Waals surface area contributed by atoms with Crippen molar-refractivity contribution in [3.05, 3.63) is 11.7 Å². The summed E-state index contributed by atoms with van der Waals surface area (Å²) >= 11 is 0. The minimum atomic E-state index is 0. The molecule has 0 saturated carbocycles. The van der Waals surface area contributed by atoms with Crippen LogP contribution in [0.3, 0.4) is 0 Å². The molecule has 0 atom stereocenters. The van der Waals surface area contributed by atoms with Gasteiger partial charge >= 0.3 is 0 Å². The molecule has 0 fully saturated rings. The summed E-state index contributed by atoms with van der Waals surface area (Å²) in [5, 5.41) is 10.6. The third-order valence-electron chi connectivity index (χ3n) is 3.84. The van der Waals surface area contributed by atoms with Crippen LogP contribution >= 0.6 is 24.0 Å². The fourth-order valence-electron chi connectivity index (χ4n) is 2.32. The Bertz CT molecular complexity index is 510. The van der Waals surface area contributed by atoms with Gasteiger partial charge in [0, 0.05) is 58.8 Å². The van der Waals surface area contributed by atoms with E-state index in [1.165, 1.54) is 0 Å². The summed E-state index contributed by atoms with van der Waals surface area (Å²) in [5.41, 5.74) is 0. The number of rotatable bonds is 13. The molecule has 0 bridgehead atoms. The molecule has 1 rings (SSSR count). The summed E-state index contributed by atoms with van der Waals surface area (Å²) in [7, 11) is 3.86. The summed E-state index contributed by atoms with van der Waals surface area (Å²) < 4.78 is 10.3. The Morgan fingerprint density at radius 3 is 2.67 bits per heavy atom. The molecule has 0 amide bonds. The minimum Gasteiger partial charge on any atom is -0.385 e. The van der Waals surface area contributed by atoms with E-state index in [0.717, 1.165) is 70.4 Å². The molecule has 27 heavy (non-hydrogen) atoms. The third kappa shape index (κ3) is 12.2. The number of guanidine groups is 1. The Labute approximate surface area is 180 Å². The molecule has 1 heterocycles. The maximum atomic E-state index is 5.26. The number of aryl methyl sites for hydroxylation is 1. The van der Waals surface area contributed by atoms with Crippen LogP contribution in [-0.2, 0) is 11.2 Å². The van der Waals surface area contributed by atoms with Crippen LogP contribution in [0.15, 0.2) is 9.52 Å². The average molecular weight is 496 g/mol. The second kappa shape index (κ2) is 16.1. The Balaban J connectivity index is 0.00000676. The van der Waals surface area contributed by atoms with Crippen molar-refractivity contribution in [2.75, 3.05) is 53.5 Å². The number of nitrogens with one attached hydrogen (secondary N) is 2. The van der Waals surface area contributed by atoms with E-state index in [0.29, 0.717) is 11.8 Å². The van der Waals surface area contributed by atoms with Crippen LogP contribution in [0, 0.1) is 0 Å². The first kappa shape index (κ1) is 26.1. The van der Waals surface area contributed by atoms with Crippen LogP contribution in [0.4, 0.5) is 0 Å². The SMILES string of the molecule is CCNC(=NCCCc1nc(C(C)C)no1)NCCN(C)CCCOC.I. The Morgan fingerprint density at radius 2 is 2.04 bits per heavy atom. The molecule has 0 aliphatic heterocycles. The standard InChI is InChI=1S/C18H36N6O2.HI/c1-6-19-18(21-11-13-24(4)12-8-14-25-5)20-10-7-9-16-22-17(15(2)3)23-26-16;/h15H,6-14H2,1-5H3,(H2,19,20,21);1H. The molecule has 0 unspecified atom stereocenters. The number of methoxy groups -OCH3 is 1. The maximum absolute atomic E-state index is 5.26. The van der Waals surface area contributed by atoms with Crippen molar-refractivity contribution >= 4 is 29.9 Å². The first-order valence-corrected chi connectivity index (χ1v) is 9.59. The van der Waals surface area contributed by atoms with Crippen LogP contribution in [-0.4, -0.2) is 74.5 Å². The zero-order chi connectivity index (χ0) is 19.2. The molecule has 158 valence electrons. The van der Waals surface area contributed by atoms with Gasteiger partial charge < -0.3 is 24.8 Å². The van der Waals surface area contributed by atoms with Gasteiger partial charge in [-0.25, -0.2) is 0 Å². The van der Waals surface area contributed by atoms with Crippen LogP contribution in [0.25, 0.3) is 0 Å². The Morgan fingerprint density at radius 1 is 1.26 bits per heavy atom. The first-order valence-electron chi connectivity index (χ1n) is 9.59. The van der Waals surface area contributed by atoms with Gasteiger partial charge in [-0.3, -0.25) is 4.99 Å². The number of aliphatic imine (C=N–C) groups is 1. The maximum Gasteiger partial charge on any atom is 0.226 e. The van der Waals surface area contributed by atoms with Gasteiger partial charge in [0.05, 0.1) is 0 Å². The Kier molecular flexibility index (Phi) is 15.5. The van der Waals surface area contributed by atoms with Crippen molar-refractivity contribution in [1.82, 2.24) is 25.7 Å². The van der Waals surface area contributed by atoms with Crippen LogP contribution < -0.4 is 10.6 Å². The van der Waals surface area contributed by atoms with Crippen molar-refractivity contribution < 1.29 is 9.26 Å². The number of hydrogen-bond acceptors (Lipinski definition) is 6. The molecule has 8 nitrogen and oxygen atoms in total. The molecule has 1 aromatic heterocycles. The molecule has 1 aromatic rings. The van der Waals surface area contributed by atoms with E-state index in [2.05, 4.69) is 58.5 Å². The van der Waals surface area contributed by atoms with Gasteiger partial charge in [0.2, 0.25) is 5.89 Å². The highest BCUT2D eigenvalue weighted by Crippen LogP contribution is 2.10. The van der Waals surface area contributed by atoms with Crippen LogP contribution in [0.1, 0.15) is 51.2 Å². The van der Waals surface area contributed by atoms with E-state index in [4.69, 9.17) is 9.26 Å². The lowest BCUT2D eigenvalue weighted by molar-refractivity contribution is 0.180. The highest BCUT2D eigenvalue weighted by Gasteiger charge is 2.09. The predicted octanol–water partition coefficient (Wildman–Crippen LogP) is 2.27. The van der Waals surface area contributed by atoms with Crippen LogP contribution in [0.2, 0.25) is 0 Å². The molecule has 0 aliphatic carbocycles. The lowest BCUT2D eigenvalue weighted by atomic mass is 10.2. The smallest absolute Gasteiger partial charge is 0.226 e. The fourth-order valence-corrected chi connectivity index (χ4v) is 2.32. The van der Waals surface area contributed by atoms with Gasteiger partial charge in [-0.05, 0) is 26.8 Å². The summed E-state index contributed by atoms with van der Waals surface area (Å²) in [6.45, 7) is 11.4. The third-order valence-corrected chi connectivity index (χ3v) is 3.84. The molecule has 0 aliphatic rings. The number of nitrogens with zero attached hydrogens (tertiary/aromatic N) is 4. The van der Waals surface area contributed by atoms with E-state index in [9.17, 15) is 0 Å². The van der Waals surface area contributed by atoms with E-state index < -0.39 is 0 Å². The Hall–Kier alpha value is -0.940. The molecular formula is C18H37IN6O2. The number of ether oxygens (including phenoxy) is 1. The number of halogens is 1. The number of likely N-dealkylation sites (N-methyl/N-ethyl adjacent to an activating group) is 1. The van der Waals surface area contributed by atoms with Crippen LogP contribution in [0.5, 0.6) is 0 Å². The summed E-state index contributed by atoms with van der Waals surface area (Å²) in [4.78, 5) is 11.3. The van der Waals surface area contributed by atoms with E-state index in [1.807, 2.05) is 0 Å². The van der Waals surface area contributed by atoms with E-state index >= 15 is 0 Å². The summed E-state index contributed by atoms with van der Waals surface area (Å²) in [5.74, 6) is 2.61. The summed E-state index contributed by atoms with van der Waals surface area (Å²) in [6.07, 6.45) is 2.69. The van der Waals surface area contributed by atoms with Gasteiger partial charge in [-0.15, -0.1) is 24.0 Å². The van der Waals surface area contributed by atoms with Gasteiger partial charge in [0.1, 0.15) is 0 Å². The molecular weight excluding hydrogens is 459 g/mol. The second-order valence-corrected chi connectivity index (χ2v) is 6.64. The number of hydrogen-bond donors (Lipinski definition) is 2. The van der Waals surface area contributed by atoms with Crippen molar-refractivity contribution in [1.29, 1.82) is 0 Å². The fraction of sp³-hybridized carbons (Fsp3) is 0.833. The normalized spacial score (nSPS) is 11.7. The predicted molar refractivity (Wildman–Crippen MR) is 120 cm³/mol.